The van der Waals surface area contributed by atoms with E-state index in [0.29, 0.717) is 26.2 Å². The minimum absolute atomic E-state index is 0.215. The summed E-state index contributed by atoms with van der Waals surface area (Å²) in [5.41, 5.74) is 3.08. The number of aliphatic hydroxyl groups excluding tert-OH is 1. The standard InChI is InChI=1S/C37H49NO6/c1-3-4-5-6-16-23-32(40)35-34(38-28(2)39)37(43-26-31-21-14-9-15-22-31)36(42-25-30-19-12-8-13-20-30)33(44-35)27-41-24-29-17-10-7-11-18-29/h7-15,17-22,32-37,40H,3-6,16,23-27H2,1-2H3,(H,38,39)/t32?,33-,34+,35-,36-,37-/m1/s1. The van der Waals surface area contributed by atoms with Gasteiger partial charge in [0, 0.05) is 6.92 Å². The molecule has 0 bridgehead atoms. The van der Waals surface area contributed by atoms with Crippen LogP contribution in [0.4, 0.5) is 0 Å². The molecule has 1 saturated heterocycles. The molecule has 0 aliphatic carbocycles. The number of amides is 1. The molecule has 2 N–H and O–H groups in total. The Kier molecular flexibility index (Phi) is 14.3. The summed E-state index contributed by atoms with van der Waals surface area (Å²) in [6.07, 6.45) is 2.80. The van der Waals surface area contributed by atoms with Crippen LogP contribution in [0.3, 0.4) is 0 Å². The fraction of sp³-hybridized carbons (Fsp3) is 0.486. The lowest BCUT2D eigenvalue weighted by atomic mass is 9.87. The predicted molar refractivity (Wildman–Crippen MR) is 172 cm³/mol. The zero-order chi connectivity index (χ0) is 31.0. The first-order chi connectivity index (χ1) is 21.5. The number of hydrogen-bond donors (Lipinski definition) is 2. The van der Waals surface area contributed by atoms with E-state index in [-0.39, 0.29) is 12.5 Å². The Morgan fingerprint density at radius 3 is 1.84 bits per heavy atom. The number of hydrogen-bond acceptors (Lipinski definition) is 6. The van der Waals surface area contributed by atoms with Crippen molar-refractivity contribution >= 4 is 5.91 Å². The van der Waals surface area contributed by atoms with Gasteiger partial charge in [-0.25, -0.2) is 0 Å². The monoisotopic (exact) mass is 603 g/mol. The second-order valence-corrected chi connectivity index (χ2v) is 11.7. The molecule has 7 nitrogen and oxygen atoms in total. The van der Waals surface area contributed by atoms with Crippen LogP contribution in [0, 0.1) is 0 Å². The number of benzene rings is 3. The van der Waals surface area contributed by atoms with Gasteiger partial charge in [-0.05, 0) is 23.1 Å². The third-order valence-corrected chi connectivity index (χ3v) is 8.05. The van der Waals surface area contributed by atoms with Gasteiger partial charge < -0.3 is 29.4 Å². The Labute approximate surface area is 262 Å². The molecule has 4 rings (SSSR count). The lowest BCUT2D eigenvalue weighted by Crippen LogP contribution is -2.67. The Balaban J connectivity index is 1.60. The van der Waals surface area contributed by atoms with Gasteiger partial charge in [0.15, 0.2) is 0 Å². The van der Waals surface area contributed by atoms with E-state index in [1.165, 1.54) is 13.3 Å². The number of aliphatic hydroxyl groups is 1. The summed E-state index contributed by atoms with van der Waals surface area (Å²) in [4.78, 5) is 12.6. The van der Waals surface area contributed by atoms with Crippen molar-refractivity contribution < 1.29 is 28.8 Å². The zero-order valence-corrected chi connectivity index (χ0v) is 26.2. The van der Waals surface area contributed by atoms with Gasteiger partial charge in [0.2, 0.25) is 5.91 Å². The predicted octanol–water partition coefficient (Wildman–Crippen LogP) is 6.37. The van der Waals surface area contributed by atoms with Crippen LogP contribution in [0.25, 0.3) is 0 Å². The number of unbranched alkanes of at least 4 members (excludes halogenated alkanes) is 4. The summed E-state index contributed by atoms with van der Waals surface area (Å²) in [5.74, 6) is -0.215. The average molecular weight is 604 g/mol. The largest absolute Gasteiger partial charge is 0.390 e. The van der Waals surface area contributed by atoms with Crippen molar-refractivity contribution in [2.45, 2.75) is 109 Å². The van der Waals surface area contributed by atoms with Crippen molar-refractivity contribution in [2.24, 2.45) is 0 Å². The van der Waals surface area contributed by atoms with Crippen LogP contribution >= 0.6 is 0 Å². The van der Waals surface area contributed by atoms with Crippen molar-refractivity contribution in [1.29, 1.82) is 0 Å². The van der Waals surface area contributed by atoms with Crippen molar-refractivity contribution in [3.8, 4) is 0 Å². The Bertz CT molecular complexity index is 1190. The number of carbonyl (C=O) groups excluding carboxylic acids is 1. The smallest absolute Gasteiger partial charge is 0.217 e. The highest BCUT2D eigenvalue weighted by atomic mass is 16.6. The van der Waals surface area contributed by atoms with E-state index < -0.39 is 36.6 Å². The summed E-state index contributed by atoms with van der Waals surface area (Å²) in [7, 11) is 0. The van der Waals surface area contributed by atoms with Gasteiger partial charge >= 0.3 is 0 Å². The molecule has 0 radical (unpaired) electrons. The van der Waals surface area contributed by atoms with E-state index in [0.717, 1.165) is 42.4 Å². The highest BCUT2D eigenvalue weighted by molar-refractivity contribution is 5.73. The van der Waals surface area contributed by atoms with E-state index in [4.69, 9.17) is 18.9 Å². The maximum Gasteiger partial charge on any atom is 0.217 e. The first-order valence-corrected chi connectivity index (χ1v) is 16.1. The molecule has 3 aromatic carbocycles. The van der Waals surface area contributed by atoms with Crippen molar-refractivity contribution in [3.05, 3.63) is 108 Å². The number of nitrogens with one attached hydrogen (secondary N) is 1. The lowest BCUT2D eigenvalue weighted by molar-refractivity contribution is -0.248. The molecule has 1 unspecified atom stereocenters. The van der Waals surface area contributed by atoms with Gasteiger partial charge in [-0.2, -0.15) is 0 Å². The van der Waals surface area contributed by atoms with Crippen LogP contribution in [-0.4, -0.2) is 54.2 Å². The molecule has 1 fully saturated rings. The van der Waals surface area contributed by atoms with Crippen molar-refractivity contribution in [2.75, 3.05) is 6.61 Å². The van der Waals surface area contributed by atoms with Gasteiger partial charge in [-0.15, -0.1) is 0 Å². The van der Waals surface area contributed by atoms with Crippen LogP contribution in [-0.2, 0) is 43.6 Å². The molecule has 0 aromatic heterocycles. The molecule has 1 aliphatic rings. The quantitative estimate of drug-likeness (QED) is 0.165. The van der Waals surface area contributed by atoms with Gasteiger partial charge in [-0.3, -0.25) is 4.79 Å². The van der Waals surface area contributed by atoms with Crippen LogP contribution in [0.1, 0.15) is 69.1 Å². The molecular formula is C37H49NO6. The van der Waals surface area contributed by atoms with Gasteiger partial charge in [0.25, 0.3) is 0 Å². The summed E-state index contributed by atoms with van der Waals surface area (Å²) < 4.78 is 26.1. The van der Waals surface area contributed by atoms with Crippen LogP contribution in [0.5, 0.6) is 0 Å². The zero-order valence-electron chi connectivity index (χ0n) is 26.2. The SMILES string of the molecule is CCCCCCCC(O)[C@H]1O[C@H](COCc2ccccc2)[C@@H](OCc2ccccc2)[C@H](OCc2ccccc2)[C@H]1NC(C)=O. The van der Waals surface area contributed by atoms with Crippen LogP contribution in [0.2, 0.25) is 0 Å². The van der Waals surface area contributed by atoms with E-state index in [1.54, 1.807) is 0 Å². The van der Waals surface area contributed by atoms with E-state index in [2.05, 4.69) is 12.2 Å². The van der Waals surface area contributed by atoms with Crippen molar-refractivity contribution in [1.82, 2.24) is 5.32 Å². The Morgan fingerprint density at radius 2 is 1.30 bits per heavy atom. The molecule has 1 amide bonds. The second kappa shape index (κ2) is 18.7. The molecule has 0 spiro atoms. The van der Waals surface area contributed by atoms with Crippen molar-refractivity contribution in [3.63, 3.8) is 0 Å². The summed E-state index contributed by atoms with van der Waals surface area (Å²) >= 11 is 0. The summed E-state index contributed by atoms with van der Waals surface area (Å²) in [6, 6.07) is 29.3. The first-order valence-electron chi connectivity index (χ1n) is 16.1. The maximum atomic E-state index is 12.6. The Morgan fingerprint density at radius 1 is 0.773 bits per heavy atom. The van der Waals surface area contributed by atoms with Gasteiger partial charge in [0.05, 0.1) is 38.6 Å². The highest BCUT2D eigenvalue weighted by Crippen LogP contribution is 2.31. The Hall–Kier alpha value is -3.07. The fourth-order valence-electron chi connectivity index (χ4n) is 5.75. The van der Waals surface area contributed by atoms with E-state index in [1.807, 2.05) is 91.0 Å². The van der Waals surface area contributed by atoms with Gasteiger partial charge in [0.1, 0.15) is 24.4 Å². The second-order valence-electron chi connectivity index (χ2n) is 11.7. The molecule has 7 heteroatoms. The normalized spacial score (nSPS) is 22.4. The third-order valence-electron chi connectivity index (χ3n) is 8.05. The molecule has 238 valence electrons. The molecule has 1 heterocycles. The highest BCUT2D eigenvalue weighted by Gasteiger charge is 2.50. The first kappa shape index (κ1) is 33.8. The van der Waals surface area contributed by atoms with Crippen LogP contribution in [0.15, 0.2) is 91.0 Å². The summed E-state index contributed by atoms with van der Waals surface area (Å²) in [5, 5.41) is 14.6. The molecule has 3 aromatic rings. The number of carbonyl (C=O) groups is 1. The number of ether oxygens (including phenoxy) is 4. The molecule has 1 aliphatic heterocycles. The maximum absolute atomic E-state index is 12.6. The number of rotatable bonds is 18. The minimum atomic E-state index is -0.789. The molecule has 6 atom stereocenters. The topological polar surface area (TPSA) is 86.2 Å². The van der Waals surface area contributed by atoms with E-state index >= 15 is 0 Å². The fourth-order valence-corrected chi connectivity index (χ4v) is 5.75. The van der Waals surface area contributed by atoms with Crippen LogP contribution < -0.4 is 5.32 Å². The lowest BCUT2D eigenvalue weighted by Gasteiger charge is -2.48. The molecular weight excluding hydrogens is 554 g/mol. The van der Waals surface area contributed by atoms with E-state index in [9.17, 15) is 9.90 Å². The van der Waals surface area contributed by atoms with Gasteiger partial charge in [-0.1, -0.05) is 130 Å². The molecule has 0 saturated carbocycles. The average Bonchev–Trinajstić information content (AvgIpc) is 3.04. The molecule has 44 heavy (non-hydrogen) atoms. The summed E-state index contributed by atoms with van der Waals surface area (Å²) in [6.45, 7) is 5.00. The third kappa shape index (κ3) is 10.8. The minimum Gasteiger partial charge on any atom is -0.390 e.